The summed E-state index contributed by atoms with van der Waals surface area (Å²) in [6, 6.07) is 1.54. The van der Waals surface area contributed by atoms with Crippen LogP contribution in [0.2, 0.25) is 0 Å². The molecule has 1 rings (SSSR count). The Morgan fingerprint density at radius 2 is 2.35 bits per heavy atom. The van der Waals surface area contributed by atoms with Crippen molar-refractivity contribution >= 4 is 17.3 Å². The lowest BCUT2D eigenvalue weighted by atomic mass is 10.2. The summed E-state index contributed by atoms with van der Waals surface area (Å²) in [4.78, 5) is 26.0. The van der Waals surface area contributed by atoms with E-state index in [1.807, 2.05) is 0 Å². The molecular formula is C10H13N3O4. The van der Waals surface area contributed by atoms with Gasteiger partial charge in [-0.3, -0.25) is 19.9 Å². The number of pyridine rings is 1. The largest absolute Gasteiger partial charge is 0.481 e. The van der Waals surface area contributed by atoms with Gasteiger partial charge in [0.15, 0.2) is 0 Å². The van der Waals surface area contributed by atoms with Crippen LogP contribution in [0.1, 0.15) is 12.8 Å². The maximum atomic E-state index is 10.8. The summed E-state index contributed by atoms with van der Waals surface area (Å²) in [5, 5.41) is 19.3. The van der Waals surface area contributed by atoms with Crippen LogP contribution in [0, 0.1) is 10.1 Å². The highest BCUT2D eigenvalue weighted by atomic mass is 16.6. The smallest absolute Gasteiger partial charge is 0.310 e. The van der Waals surface area contributed by atoms with E-state index in [-0.39, 0.29) is 12.1 Å². The summed E-state index contributed by atoms with van der Waals surface area (Å²) in [7, 11) is 1.68. The molecule has 1 N–H and O–H groups in total. The fraction of sp³-hybridized carbons (Fsp3) is 0.400. The summed E-state index contributed by atoms with van der Waals surface area (Å²) >= 11 is 0. The van der Waals surface area contributed by atoms with Gasteiger partial charge in [0.2, 0.25) is 0 Å². The molecule has 0 amide bonds. The second kappa shape index (κ2) is 5.78. The first-order valence-corrected chi connectivity index (χ1v) is 5.03. The van der Waals surface area contributed by atoms with E-state index in [4.69, 9.17) is 5.11 Å². The number of hydrogen-bond acceptors (Lipinski definition) is 5. The van der Waals surface area contributed by atoms with Crippen LogP contribution in [0.5, 0.6) is 0 Å². The average Bonchev–Trinajstić information content (AvgIpc) is 2.28. The molecule has 92 valence electrons. The molecule has 0 aromatic carbocycles. The summed E-state index contributed by atoms with van der Waals surface area (Å²) in [5.74, 6) is -0.873. The Bertz CT molecular complexity index is 422. The van der Waals surface area contributed by atoms with Gasteiger partial charge in [0.25, 0.3) is 0 Å². The number of carboxylic acid groups (broad SMARTS) is 1. The third-order valence-corrected chi connectivity index (χ3v) is 2.27. The molecule has 0 spiro atoms. The van der Waals surface area contributed by atoms with Crippen molar-refractivity contribution in [3.63, 3.8) is 0 Å². The third kappa shape index (κ3) is 3.71. The molecule has 7 heteroatoms. The number of rotatable bonds is 6. The van der Waals surface area contributed by atoms with Crippen molar-refractivity contribution in [1.29, 1.82) is 0 Å². The fourth-order valence-electron chi connectivity index (χ4n) is 1.43. The van der Waals surface area contributed by atoms with Crippen molar-refractivity contribution in [2.75, 3.05) is 18.5 Å². The second-order valence-electron chi connectivity index (χ2n) is 3.54. The molecule has 17 heavy (non-hydrogen) atoms. The van der Waals surface area contributed by atoms with Gasteiger partial charge in [-0.05, 0) is 12.5 Å². The number of nitrogens with zero attached hydrogens (tertiary/aromatic N) is 3. The van der Waals surface area contributed by atoms with Crippen LogP contribution >= 0.6 is 0 Å². The minimum Gasteiger partial charge on any atom is -0.481 e. The van der Waals surface area contributed by atoms with Crippen LogP contribution in [0.25, 0.3) is 0 Å². The molecule has 0 saturated heterocycles. The highest BCUT2D eigenvalue weighted by Gasteiger charge is 2.16. The summed E-state index contributed by atoms with van der Waals surface area (Å²) in [5.41, 5.74) is 0.362. The lowest BCUT2D eigenvalue weighted by Crippen LogP contribution is -2.20. The fourth-order valence-corrected chi connectivity index (χ4v) is 1.43. The number of anilines is 1. The zero-order chi connectivity index (χ0) is 12.8. The van der Waals surface area contributed by atoms with E-state index in [2.05, 4.69) is 4.98 Å². The highest BCUT2D eigenvalue weighted by molar-refractivity contribution is 5.67. The Balaban J connectivity index is 2.71. The van der Waals surface area contributed by atoms with Crippen molar-refractivity contribution in [3.05, 3.63) is 28.6 Å². The van der Waals surface area contributed by atoms with Gasteiger partial charge in [-0.25, -0.2) is 0 Å². The zero-order valence-corrected chi connectivity index (χ0v) is 9.37. The van der Waals surface area contributed by atoms with Crippen LogP contribution in [-0.2, 0) is 4.79 Å². The SMILES string of the molecule is CN(CCCC(=O)O)c1ccncc1[N+](=O)[O-]. The zero-order valence-electron chi connectivity index (χ0n) is 9.37. The maximum absolute atomic E-state index is 10.8. The first-order valence-electron chi connectivity index (χ1n) is 5.03. The van der Waals surface area contributed by atoms with Gasteiger partial charge in [-0.2, -0.15) is 0 Å². The average molecular weight is 239 g/mol. The van der Waals surface area contributed by atoms with Crippen LogP contribution in [0.3, 0.4) is 0 Å². The maximum Gasteiger partial charge on any atom is 0.310 e. The predicted octanol–water partition coefficient (Wildman–Crippen LogP) is 1.29. The van der Waals surface area contributed by atoms with E-state index in [0.717, 1.165) is 0 Å². The Labute approximate surface area is 97.8 Å². The summed E-state index contributed by atoms with van der Waals surface area (Å²) in [6.45, 7) is 0.442. The van der Waals surface area contributed by atoms with Crippen molar-refractivity contribution < 1.29 is 14.8 Å². The molecule has 0 aliphatic carbocycles. The van der Waals surface area contributed by atoms with Gasteiger partial charge in [0, 0.05) is 26.2 Å². The second-order valence-corrected chi connectivity index (χ2v) is 3.54. The molecule has 0 saturated carbocycles. The van der Waals surface area contributed by atoms with Crippen molar-refractivity contribution in [1.82, 2.24) is 4.98 Å². The molecule has 0 bridgehead atoms. The standard InChI is InChI=1S/C10H13N3O4/c1-12(6-2-3-10(14)15)8-4-5-11-7-9(8)13(16)17/h4-5,7H,2-3,6H2,1H3,(H,14,15). The molecule has 0 atom stereocenters. The minimum absolute atomic E-state index is 0.0449. The minimum atomic E-state index is -0.873. The quantitative estimate of drug-likeness (QED) is 0.593. The van der Waals surface area contributed by atoms with Gasteiger partial charge < -0.3 is 10.0 Å². The lowest BCUT2D eigenvalue weighted by Gasteiger charge is -2.18. The number of aromatic nitrogens is 1. The summed E-state index contributed by atoms with van der Waals surface area (Å²) < 4.78 is 0. The van der Waals surface area contributed by atoms with Gasteiger partial charge in [-0.15, -0.1) is 0 Å². The Kier molecular flexibility index (Phi) is 4.38. The molecule has 0 aliphatic rings. The lowest BCUT2D eigenvalue weighted by molar-refractivity contribution is -0.384. The van der Waals surface area contributed by atoms with Crippen molar-refractivity contribution in [2.24, 2.45) is 0 Å². The molecule has 0 fully saturated rings. The number of aliphatic carboxylic acids is 1. The number of nitro groups is 1. The number of hydrogen-bond donors (Lipinski definition) is 1. The monoisotopic (exact) mass is 239 g/mol. The molecule has 1 aromatic heterocycles. The predicted molar refractivity (Wildman–Crippen MR) is 61.0 cm³/mol. The first-order chi connectivity index (χ1) is 8.02. The van der Waals surface area contributed by atoms with E-state index >= 15 is 0 Å². The number of carbonyl (C=O) groups is 1. The van der Waals surface area contributed by atoms with Gasteiger partial charge in [0.1, 0.15) is 11.9 Å². The van der Waals surface area contributed by atoms with Crippen LogP contribution in [0.15, 0.2) is 18.5 Å². The highest BCUT2D eigenvalue weighted by Crippen LogP contribution is 2.25. The van der Waals surface area contributed by atoms with E-state index in [0.29, 0.717) is 18.7 Å². The normalized spacial score (nSPS) is 9.94. The number of carboxylic acids is 1. The summed E-state index contributed by atoms with van der Waals surface area (Å²) in [6.07, 6.45) is 3.13. The first kappa shape index (κ1) is 12.9. The van der Waals surface area contributed by atoms with Gasteiger partial charge in [0.05, 0.1) is 4.92 Å². The molecule has 0 aliphatic heterocycles. The van der Waals surface area contributed by atoms with E-state index in [1.165, 1.54) is 12.4 Å². The molecule has 1 heterocycles. The molecule has 0 unspecified atom stereocenters. The van der Waals surface area contributed by atoms with Crippen molar-refractivity contribution in [3.8, 4) is 0 Å². The van der Waals surface area contributed by atoms with Gasteiger partial charge in [-0.1, -0.05) is 0 Å². The Morgan fingerprint density at radius 3 is 2.94 bits per heavy atom. The Hall–Kier alpha value is -2.18. The van der Waals surface area contributed by atoms with Crippen LogP contribution < -0.4 is 4.90 Å². The van der Waals surface area contributed by atoms with Crippen LogP contribution in [-0.4, -0.2) is 34.6 Å². The van der Waals surface area contributed by atoms with E-state index in [1.54, 1.807) is 18.0 Å². The third-order valence-electron chi connectivity index (χ3n) is 2.27. The van der Waals surface area contributed by atoms with E-state index < -0.39 is 10.9 Å². The van der Waals surface area contributed by atoms with Crippen LogP contribution in [0.4, 0.5) is 11.4 Å². The van der Waals surface area contributed by atoms with E-state index in [9.17, 15) is 14.9 Å². The molecular weight excluding hydrogens is 226 g/mol. The molecule has 1 aromatic rings. The topological polar surface area (TPSA) is 96.6 Å². The van der Waals surface area contributed by atoms with Crippen molar-refractivity contribution in [2.45, 2.75) is 12.8 Å². The molecule has 0 radical (unpaired) electrons. The van der Waals surface area contributed by atoms with Gasteiger partial charge >= 0.3 is 11.7 Å². The molecule has 7 nitrogen and oxygen atoms in total. The Morgan fingerprint density at radius 1 is 1.65 bits per heavy atom.